The van der Waals surface area contributed by atoms with Crippen molar-refractivity contribution >= 4 is 0 Å². The second kappa shape index (κ2) is 6.31. The predicted octanol–water partition coefficient (Wildman–Crippen LogP) is 1.35. The summed E-state index contributed by atoms with van der Waals surface area (Å²) >= 11 is 0. The Morgan fingerprint density at radius 3 is 2.10 bits per heavy atom. The van der Waals surface area contributed by atoms with Gasteiger partial charge in [0, 0.05) is 12.4 Å². The van der Waals surface area contributed by atoms with Crippen LogP contribution in [0.5, 0.6) is 11.5 Å². The topological polar surface area (TPSA) is 82.3 Å². The lowest BCUT2D eigenvalue weighted by atomic mass is 10.0. The average Bonchev–Trinajstić information content (AvgIpc) is 2.49. The van der Waals surface area contributed by atoms with Crippen molar-refractivity contribution in [1.82, 2.24) is 15.4 Å². The molecular formula is C14H18N4O2. The Hall–Kier alpha value is -2.18. The Balaban J connectivity index is 2.53. The van der Waals surface area contributed by atoms with E-state index in [0.29, 0.717) is 17.3 Å². The molecule has 0 fully saturated rings. The van der Waals surface area contributed by atoms with Crippen molar-refractivity contribution in [2.75, 3.05) is 14.2 Å². The van der Waals surface area contributed by atoms with Gasteiger partial charge in [-0.3, -0.25) is 5.84 Å². The standard InChI is InChI=1S/C14H18N4O2/c1-9-7-16-14(17-8-9)13(18-15)12-10(19-2)5-4-6-11(12)20-3/h4-8,13,18H,15H2,1-3H3. The summed E-state index contributed by atoms with van der Waals surface area (Å²) in [4.78, 5) is 8.62. The number of hydrogen-bond acceptors (Lipinski definition) is 6. The van der Waals surface area contributed by atoms with Gasteiger partial charge in [0.05, 0.1) is 19.8 Å². The third kappa shape index (κ3) is 2.71. The average molecular weight is 274 g/mol. The number of hydrazine groups is 1. The van der Waals surface area contributed by atoms with Gasteiger partial charge in [0.2, 0.25) is 0 Å². The third-order valence-electron chi connectivity index (χ3n) is 2.98. The van der Waals surface area contributed by atoms with Gasteiger partial charge in [-0.2, -0.15) is 0 Å². The minimum Gasteiger partial charge on any atom is -0.496 e. The highest BCUT2D eigenvalue weighted by Gasteiger charge is 2.23. The number of ether oxygens (including phenoxy) is 2. The largest absolute Gasteiger partial charge is 0.496 e. The van der Waals surface area contributed by atoms with Gasteiger partial charge in [-0.15, -0.1) is 0 Å². The molecule has 0 saturated carbocycles. The normalized spacial score (nSPS) is 12.0. The summed E-state index contributed by atoms with van der Waals surface area (Å²) < 4.78 is 10.8. The Kier molecular flexibility index (Phi) is 4.49. The van der Waals surface area contributed by atoms with Crippen LogP contribution in [0.4, 0.5) is 0 Å². The number of benzene rings is 1. The van der Waals surface area contributed by atoms with Crippen LogP contribution < -0.4 is 20.7 Å². The highest BCUT2D eigenvalue weighted by atomic mass is 16.5. The fraction of sp³-hybridized carbons (Fsp3) is 0.286. The van der Waals surface area contributed by atoms with E-state index in [-0.39, 0.29) is 0 Å². The van der Waals surface area contributed by atoms with Crippen LogP contribution in [-0.4, -0.2) is 24.2 Å². The molecule has 0 aliphatic carbocycles. The molecule has 0 aliphatic heterocycles. The number of aromatic nitrogens is 2. The maximum Gasteiger partial charge on any atom is 0.151 e. The first-order valence-electron chi connectivity index (χ1n) is 6.16. The van der Waals surface area contributed by atoms with Gasteiger partial charge in [0.25, 0.3) is 0 Å². The van der Waals surface area contributed by atoms with Crippen molar-refractivity contribution in [3.8, 4) is 11.5 Å². The number of nitrogens with two attached hydrogens (primary N) is 1. The van der Waals surface area contributed by atoms with E-state index >= 15 is 0 Å². The van der Waals surface area contributed by atoms with Gasteiger partial charge >= 0.3 is 0 Å². The number of methoxy groups -OCH3 is 2. The molecule has 0 saturated heterocycles. The first-order chi connectivity index (χ1) is 9.71. The molecule has 1 heterocycles. The van der Waals surface area contributed by atoms with Gasteiger partial charge < -0.3 is 9.47 Å². The lowest BCUT2D eigenvalue weighted by Gasteiger charge is -2.20. The summed E-state index contributed by atoms with van der Waals surface area (Å²) in [6.45, 7) is 1.93. The number of hydrogen-bond donors (Lipinski definition) is 2. The summed E-state index contributed by atoms with van der Waals surface area (Å²) in [7, 11) is 3.20. The SMILES string of the molecule is COc1cccc(OC)c1C(NN)c1ncc(C)cn1. The van der Waals surface area contributed by atoms with Crippen molar-refractivity contribution < 1.29 is 9.47 Å². The Morgan fingerprint density at radius 1 is 1.10 bits per heavy atom. The van der Waals surface area contributed by atoms with E-state index in [1.807, 2.05) is 25.1 Å². The zero-order chi connectivity index (χ0) is 14.5. The summed E-state index contributed by atoms with van der Waals surface area (Å²) in [5.41, 5.74) is 4.47. The van der Waals surface area contributed by atoms with Gasteiger partial charge in [0.1, 0.15) is 17.5 Å². The fourth-order valence-corrected chi connectivity index (χ4v) is 2.00. The molecule has 0 radical (unpaired) electrons. The second-order valence-electron chi connectivity index (χ2n) is 4.29. The highest BCUT2D eigenvalue weighted by molar-refractivity contribution is 5.49. The quantitative estimate of drug-likeness (QED) is 0.632. The number of nitrogens with zero attached hydrogens (tertiary/aromatic N) is 2. The van der Waals surface area contributed by atoms with Crippen LogP contribution in [0.2, 0.25) is 0 Å². The van der Waals surface area contributed by atoms with Crippen LogP contribution in [0.25, 0.3) is 0 Å². The molecule has 1 aromatic carbocycles. The Bertz CT molecular complexity index is 550. The lowest BCUT2D eigenvalue weighted by molar-refractivity contribution is 0.375. The molecule has 0 spiro atoms. The molecule has 6 heteroatoms. The first kappa shape index (κ1) is 14.2. The predicted molar refractivity (Wildman–Crippen MR) is 75.5 cm³/mol. The molecule has 106 valence electrons. The van der Waals surface area contributed by atoms with E-state index in [4.69, 9.17) is 15.3 Å². The summed E-state index contributed by atoms with van der Waals surface area (Å²) in [6, 6.07) is 5.12. The molecular weight excluding hydrogens is 256 g/mol. The smallest absolute Gasteiger partial charge is 0.151 e. The summed E-state index contributed by atoms with van der Waals surface area (Å²) in [5.74, 6) is 7.56. The second-order valence-corrected chi connectivity index (χ2v) is 4.29. The maximum absolute atomic E-state index is 5.68. The summed E-state index contributed by atoms with van der Waals surface area (Å²) in [6.07, 6.45) is 3.49. The van der Waals surface area contributed by atoms with Gasteiger partial charge in [-0.1, -0.05) is 6.07 Å². The fourth-order valence-electron chi connectivity index (χ4n) is 2.00. The molecule has 1 unspecified atom stereocenters. The van der Waals surface area contributed by atoms with E-state index in [9.17, 15) is 0 Å². The Labute approximate surface area is 117 Å². The minimum atomic E-state index is -0.415. The maximum atomic E-state index is 5.68. The molecule has 2 aromatic rings. The monoisotopic (exact) mass is 274 g/mol. The number of rotatable bonds is 5. The molecule has 0 bridgehead atoms. The zero-order valence-electron chi connectivity index (χ0n) is 11.8. The molecule has 2 rings (SSSR count). The minimum absolute atomic E-state index is 0.415. The molecule has 0 aliphatic rings. The van der Waals surface area contributed by atoms with E-state index in [1.54, 1.807) is 26.6 Å². The van der Waals surface area contributed by atoms with Crippen LogP contribution in [0.3, 0.4) is 0 Å². The van der Waals surface area contributed by atoms with Crippen LogP contribution in [0.15, 0.2) is 30.6 Å². The van der Waals surface area contributed by atoms with Gasteiger partial charge in [0.15, 0.2) is 5.82 Å². The van der Waals surface area contributed by atoms with E-state index in [0.717, 1.165) is 11.1 Å². The lowest BCUT2D eigenvalue weighted by Crippen LogP contribution is -2.31. The van der Waals surface area contributed by atoms with E-state index in [2.05, 4.69) is 15.4 Å². The zero-order valence-corrected chi connectivity index (χ0v) is 11.8. The molecule has 1 aromatic heterocycles. The van der Waals surface area contributed by atoms with Crippen molar-refractivity contribution in [3.05, 3.63) is 47.5 Å². The molecule has 1 atom stereocenters. The number of nitrogens with one attached hydrogen (secondary N) is 1. The van der Waals surface area contributed by atoms with Crippen molar-refractivity contribution in [2.24, 2.45) is 5.84 Å². The molecule has 0 amide bonds. The Morgan fingerprint density at radius 2 is 1.65 bits per heavy atom. The van der Waals surface area contributed by atoms with Crippen LogP contribution in [0.1, 0.15) is 23.0 Å². The van der Waals surface area contributed by atoms with Gasteiger partial charge in [-0.05, 0) is 24.6 Å². The van der Waals surface area contributed by atoms with Crippen LogP contribution in [0, 0.1) is 6.92 Å². The van der Waals surface area contributed by atoms with E-state index in [1.165, 1.54) is 0 Å². The third-order valence-corrected chi connectivity index (χ3v) is 2.98. The number of aryl methyl sites for hydroxylation is 1. The summed E-state index contributed by atoms with van der Waals surface area (Å²) in [5, 5.41) is 0. The van der Waals surface area contributed by atoms with Crippen molar-refractivity contribution in [1.29, 1.82) is 0 Å². The van der Waals surface area contributed by atoms with E-state index < -0.39 is 6.04 Å². The van der Waals surface area contributed by atoms with Crippen LogP contribution in [-0.2, 0) is 0 Å². The molecule has 6 nitrogen and oxygen atoms in total. The van der Waals surface area contributed by atoms with Crippen LogP contribution >= 0.6 is 0 Å². The molecule has 20 heavy (non-hydrogen) atoms. The first-order valence-corrected chi connectivity index (χ1v) is 6.16. The van der Waals surface area contributed by atoms with Crippen molar-refractivity contribution in [2.45, 2.75) is 13.0 Å². The van der Waals surface area contributed by atoms with Gasteiger partial charge in [-0.25, -0.2) is 15.4 Å². The van der Waals surface area contributed by atoms with Crippen molar-refractivity contribution in [3.63, 3.8) is 0 Å². The highest BCUT2D eigenvalue weighted by Crippen LogP contribution is 2.35. The molecule has 3 N–H and O–H groups in total.